The highest BCUT2D eigenvalue weighted by atomic mass is 35.5. The minimum Gasteiger partial charge on any atom is -0.272 e. The zero-order valence-corrected chi connectivity index (χ0v) is 11.2. The van der Waals surface area contributed by atoms with E-state index >= 15 is 0 Å². The Morgan fingerprint density at radius 1 is 1.29 bits per heavy atom. The normalized spacial score (nSPS) is 10.9. The maximum Gasteiger partial charge on any atom is 0.164 e. The molecule has 2 heterocycles. The van der Waals surface area contributed by atoms with Crippen LogP contribution in [0.1, 0.15) is 23.9 Å². The van der Waals surface area contributed by atoms with E-state index in [1.807, 2.05) is 20.9 Å². The second-order valence-corrected chi connectivity index (χ2v) is 4.39. The second kappa shape index (κ2) is 4.45. The standard InChI is InChI=1S/C12H15ClN4/c1-5-10-7(2)11(13)16-12(15-10)9-6-14-17(4)8(9)3/h6H,5H2,1-4H3. The number of halogens is 1. The Hall–Kier alpha value is -1.42. The molecule has 0 aliphatic heterocycles. The third-order valence-electron chi connectivity index (χ3n) is 3.00. The lowest BCUT2D eigenvalue weighted by molar-refractivity contribution is 0.740. The Kier molecular flexibility index (Phi) is 3.15. The summed E-state index contributed by atoms with van der Waals surface area (Å²) in [7, 11) is 1.90. The van der Waals surface area contributed by atoms with Crippen molar-refractivity contribution in [2.75, 3.05) is 0 Å². The number of aromatic nitrogens is 4. The molecule has 0 spiro atoms. The van der Waals surface area contributed by atoms with Crippen molar-refractivity contribution in [3.63, 3.8) is 0 Å². The Balaban J connectivity index is 2.61. The summed E-state index contributed by atoms with van der Waals surface area (Å²) in [5.41, 5.74) is 3.92. The summed E-state index contributed by atoms with van der Waals surface area (Å²) in [5, 5.41) is 4.72. The van der Waals surface area contributed by atoms with Crippen molar-refractivity contribution >= 4 is 11.6 Å². The third kappa shape index (κ3) is 2.05. The van der Waals surface area contributed by atoms with Crippen molar-refractivity contribution in [1.82, 2.24) is 19.7 Å². The highest BCUT2D eigenvalue weighted by molar-refractivity contribution is 6.30. The van der Waals surface area contributed by atoms with Gasteiger partial charge in [-0.3, -0.25) is 4.68 Å². The average Bonchev–Trinajstić information content (AvgIpc) is 2.64. The minimum atomic E-state index is 0.523. The van der Waals surface area contributed by atoms with E-state index in [4.69, 9.17) is 11.6 Å². The zero-order chi connectivity index (χ0) is 12.6. The molecule has 0 atom stereocenters. The van der Waals surface area contributed by atoms with E-state index in [9.17, 15) is 0 Å². The highest BCUT2D eigenvalue weighted by Gasteiger charge is 2.13. The van der Waals surface area contributed by atoms with E-state index in [2.05, 4.69) is 22.0 Å². The maximum absolute atomic E-state index is 6.13. The van der Waals surface area contributed by atoms with Crippen LogP contribution in [0, 0.1) is 13.8 Å². The molecule has 0 saturated carbocycles. The van der Waals surface area contributed by atoms with Crippen molar-refractivity contribution < 1.29 is 0 Å². The number of hydrogen-bond donors (Lipinski definition) is 0. The molecule has 0 unspecified atom stereocenters. The van der Waals surface area contributed by atoms with E-state index in [1.54, 1.807) is 10.9 Å². The summed E-state index contributed by atoms with van der Waals surface area (Å²) in [6, 6.07) is 0. The van der Waals surface area contributed by atoms with Crippen molar-refractivity contribution in [2.24, 2.45) is 7.05 Å². The van der Waals surface area contributed by atoms with E-state index in [0.29, 0.717) is 11.0 Å². The Bertz CT molecular complexity index is 560. The molecule has 5 heteroatoms. The SMILES string of the molecule is CCc1nc(-c2cnn(C)c2C)nc(Cl)c1C. The van der Waals surface area contributed by atoms with Crippen LogP contribution in [0.4, 0.5) is 0 Å². The summed E-state index contributed by atoms with van der Waals surface area (Å²) in [4.78, 5) is 8.87. The van der Waals surface area contributed by atoms with Crippen LogP contribution in [0.5, 0.6) is 0 Å². The minimum absolute atomic E-state index is 0.523. The molecule has 90 valence electrons. The molecule has 2 aromatic heterocycles. The van der Waals surface area contributed by atoms with Gasteiger partial charge in [-0.1, -0.05) is 18.5 Å². The van der Waals surface area contributed by atoms with Crippen molar-refractivity contribution in [3.8, 4) is 11.4 Å². The molecule has 0 fully saturated rings. The van der Waals surface area contributed by atoms with Gasteiger partial charge >= 0.3 is 0 Å². The molecule has 0 saturated heterocycles. The van der Waals surface area contributed by atoms with Gasteiger partial charge in [0.05, 0.1) is 11.8 Å². The lowest BCUT2D eigenvalue weighted by Crippen LogP contribution is -2.00. The lowest BCUT2D eigenvalue weighted by Gasteiger charge is -2.07. The number of rotatable bonds is 2. The number of nitrogens with zero attached hydrogens (tertiary/aromatic N) is 4. The van der Waals surface area contributed by atoms with Gasteiger partial charge in [-0.05, 0) is 20.3 Å². The van der Waals surface area contributed by atoms with Crippen molar-refractivity contribution in [2.45, 2.75) is 27.2 Å². The fourth-order valence-corrected chi connectivity index (χ4v) is 1.90. The van der Waals surface area contributed by atoms with Gasteiger partial charge in [-0.15, -0.1) is 0 Å². The first kappa shape index (κ1) is 12.0. The van der Waals surface area contributed by atoms with E-state index in [0.717, 1.165) is 28.9 Å². The molecule has 0 radical (unpaired) electrons. The fourth-order valence-electron chi connectivity index (χ4n) is 1.72. The molecular weight excluding hydrogens is 236 g/mol. The summed E-state index contributed by atoms with van der Waals surface area (Å²) in [5.74, 6) is 0.656. The smallest absolute Gasteiger partial charge is 0.164 e. The van der Waals surface area contributed by atoms with Gasteiger partial charge in [0.25, 0.3) is 0 Å². The molecule has 2 aromatic rings. The Morgan fingerprint density at radius 2 is 2.00 bits per heavy atom. The number of aryl methyl sites for hydroxylation is 2. The van der Waals surface area contributed by atoms with Crippen LogP contribution in [0.3, 0.4) is 0 Å². The lowest BCUT2D eigenvalue weighted by atomic mass is 10.2. The molecule has 17 heavy (non-hydrogen) atoms. The average molecular weight is 251 g/mol. The van der Waals surface area contributed by atoms with Gasteiger partial charge in [-0.25, -0.2) is 9.97 Å². The Labute approximate surface area is 106 Å². The first-order chi connectivity index (χ1) is 8.04. The summed E-state index contributed by atoms with van der Waals surface area (Å²) < 4.78 is 1.80. The molecular formula is C12H15ClN4. The second-order valence-electron chi connectivity index (χ2n) is 4.03. The van der Waals surface area contributed by atoms with Gasteiger partial charge < -0.3 is 0 Å². The van der Waals surface area contributed by atoms with Crippen molar-refractivity contribution in [3.05, 3.63) is 28.3 Å². The van der Waals surface area contributed by atoms with Crippen LogP contribution in [-0.2, 0) is 13.5 Å². The third-order valence-corrected chi connectivity index (χ3v) is 3.37. The van der Waals surface area contributed by atoms with E-state index in [-0.39, 0.29) is 0 Å². The van der Waals surface area contributed by atoms with E-state index < -0.39 is 0 Å². The van der Waals surface area contributed by atoms with Crippen LogP contribution < -0.4 is 0 Å². The highest BCUT2D eigenvalue weighted by Crippen LogP contribution is 2.24. The summed E-state index contributed by atoms with van der Waals surface area (Å²) in [6.45, 7) is 6.00. The topological polar surface area (TPSA) is 43.6 Å². The zero-order valence-electron chi connectivity index (χ0n) is 10.5. The Morgan fingerprint density at radius 3 is 2.53 bits per heavy atom. The predicted molar refractivity (Wildman–Crippen MR) is 68.1 cm³/mol. The van der Waals surface area contributed by atoms with Crippen LogP contribution in [0.15, 0.2) is 6.20 Å². The summed E-state index contributed by atoms with van der Waals surface area (Å²) in [6.07, 6.45) is 2.62. The van der Waals surface area contributed by atoms with Gasteiger partial charge in [0.2, 0.25) is 0 Å². The van der Waals surface area contributed by atoms with E-state index in [1.165, 1.54) is 0 Å². The monoisotopic (exact) mass is 250 g/mol. The first-order valence-corrected chi connectivity index (χ1v) is 5.94. The molecule has 0 amide bonds. The predicted octanol–water partition coefficient (Wildman–Crippen LogP) is 2.71. The quantitative estimate of drug-likeness (QED) is 0.770. The van der Waals surface area contributed by atoms with Crippen LogP contribution >= 0.6 is 11.6 Å². The molecule has 0 N–H and O–H groups in total. The molecule has 0 aliphatic rings. The van der Waals surface area contributed by atoms with Crippen LogP contribution in [0.25, 0.3) is 11.4 Å². The van der Waals surface area contributed by atoms with Gasteiger partial charge in [-0.2, -0.15) is 5.10 Å². The maximum atomic E-state index is 6.13. The molecule has 2 rings (SSSR count). The molecule has 4 nitrogen and oxygen atoms in total. The summed E-state index contributed by atoms with van der Waals surface area (Å²) >= 11 is 6.13. The number of hydrogen-bond acceptors (Lipinski definition) is 3. The van der Waals surface area contributed by atoms with Gasteiger partial charge in [0.1, 0.15) is 5.15 Å². The van der Waals surface area contributed by atoms with Crippen LogP contribution in [0.2, 0.25) is 5.15 Å². The van der Waals surface area contributed by atoms with Gasteiger partial charge in [0.15, 0.2) is 5.82 Å². The van der Waals surface area contributed by atoms with Crippen molar-refractivity contribution in [1.29, 1.82) is 0 Å². The van der Waals surface area contributed by atoms with Crippen LogP contribution in [-0.4, -0.2) is 19.7 Å². The van der Waals surface area contributed by atoms with Gasteiger partial charge in [0, 0.05) is 24.0 Å². The molecule has 0 bridgehead atoms. The largest absolute Gasteiger partial charge is 0.272 e. The molecule has 0 aromatic carbocycles. The fraction of sp³-hybridized carbons (Fsp3) is 0.417. The molecule has 0 aliphatic carbocycles. The first-order valence-electron chi connectivity index (χ1n) is 5.56.